The summed E-state index contributed by atoms with van der Waals surface area (Å²) in [7, 11) is 0. The molecule has 1 fully saturated rings. The van der Waals surface area contributed by atoms with Crippen LogP contribution in [0.1, 0.15) is 6.42 Å². The topological polar surface area (TPSA) is 41.3 Å². The molecule has 1 unspecified atom stereocenters. The lowest BCUT2D eigenvalue weighted by molar-refractivity contribution is 0.0796. The highest BCUT2D eigenvalue weighted by atomic mass is 15.3. The summed E-state index contributed by atoms with van der Waals surface area (Å²) in [6.07, 6.45) is 4.59. The fourth-order valence-corrected chi connectivity index (χ4v) is 1.73. The van der Waals surface area contributed by atoms with Crippen LogP contribution >= 0.6 is 0 Å². The van der Waals surface area contributed by atoms with E-state index in [0.717, 1.165) is 32.6 Å². The maximum absolute atomic E-state index is 6.24. The second kappa shape index (κ2) is 4.56. The largest absolute Gasteiger partial charge is 0.312 e. The first-order chi connectivity index (χ1) is 6.23. The van der Waals surface area contributed by atoms with E-state index in [1.807, 2.05) is 12.2 Å². The highest BCUT2D eigenvalue weighted by molar-refractivity contribution is 4.97. The lowest BCUT2D eigenvalue weighted by Gasteiger charge is -2.44. The van der Waals surface area contributed by atoms with Gasteiger partial charge in [-0.25, -0.2) is 0 Å². The van der Waals surface area contributed by atoms with Gasteiger partial charge in [0.05, 0.1) is 5.66 Å². The molecule has 0 spiro atoms. The zero-order chi connectivity index (χ0) is 9.73. The van der Waals surface area contributed by atoms with Crippen molar-refractivity contribution in [1.29, 1.82) is 0 Å². The van der Waals surface area contributed by atoms with Gasteiger partial charge in [-0.05, 0) is 6.42 Å². The maximum Gasteiger partial charge on any atom is 0.0853 e. The summed E-state index contributed by atoms with van der Waals surface area (Å²) < 4.78 is 0. The van der Waals surface area contributed by atoms with E-state index in [4.69, 9.17) is 5.73 Å². The van der Waals surface area contributed by atoms with Crippen LogP contribution in [0.25, 0.3) is 0 Å². The van der Waals surface area contributed by atoms with Crippen molar-refractivity contribution in [2.45, 2.75) is 12.1 Å². The minimum Gasteiger partial charge on any atom is -0.312 e. The molecule has 0 saturated carbocycles. The van der Waals surface area contributed by atoms with Crippen molar-refractivity contribution in [1.82, 2.24) is 10.2 Å². The molecule has 1 aliphatic heterocycles. The van der Waals surface area contributed by atoms with Crippen molar-refractivity contribution in [3.63, 3.8) is 0 Å². The molecular weight excluding hydrogens is 162 g/mol. The number of nitrogens with two attached hydrogens (primary N) is 1. The molecule has 1 atom stereocenters. The van der Waals surface area contributed by atoms with E-state index in [9.17, 15) is 0 Å². The molecule has 0 amide bonds. The minimum atomic E-state index is -0.270. The predicted octanol–water partition coefficient (Wildman–Crippen LogP) is 0.309. The molecule has 0 aromatic heterocycles. The fourth-order valence-electron chi connectivity index (χ4n) is 1.73. The summed E-state index contributed by atoms with van der Waals surface area (Å²) in [5, 5.41) is 3.30. The molecule has 3 heteroatoms. The first-order valence-corrected chi connectivity index (χ1v) is 4.69. The number of hydrogen-bond donors (Lipinski definition) is 2. The Morgan fingerprint density at radius 1 is 1.46 bits per heavy atom. The summed E-state index contributed by atoms with van der Waals surface area (Å²) in [6, 6.07) is 0. The van der Waals surface area contributed by atoms with Crippen LogP contribution in [0.3, 0.4) is 0 Å². The van der Waals surface area contributed by atoms with E-state index in [-0.39, 0.29) is 5.66 Å². The van der Waals surface area contributed by atoms with Crippen LogP contribution in [0.5, 0.6) is 0 Å². The van der Waals surface area contributed by atoms with Crippen LogP contribution in [-0.2, 0) is 0 Å². The Morgan fingerprint density at radius 3 is 2.85 bits per heavy atom. The first kappa shape index (κ1) is 10.4. The maximum atomic E-state index is 6.24. The van der Waals surface area contributed by atoms with E-state index in [1.54, 1.807) is 0 Å². The Hall–Kier alpha value is -0.640. The van der Waals surface area contributed by atoms with Crippen molar-refractivity contribution in [2.75, 3.05) is 26.2 Å². The van der Waals surface area contributed by atoms with Gasteiger partial charge in [0.2, 0.25) is 0 Å². The number of nitrogens with zero attached hydrogens (tertiary/aromatic N) is 1. The van der Waals surface area contributed by atoms with Crippen LogP contribution in [0.2, 0.25) is 0 Å². The molecule has 1 heterocycles. The van der Waals surface area contributed by atoms with Gasteiger partial charge in [-0.1, -0.05) is 12.2 Å². The van der Waals surface area contributed by atoms with Crippen LogP contribution in [0.4, 0.5) is 0 Å². The molecule has 74 valence electrons. The normalized spacial score (nSPS) is 29.9. The van der Waals surface area contributed by atoms with Crippen LogP contribution in [0, 0.1) is 0 Å². The predicted molar refractivity (Wildman–Crippen MR) is 56.4 cm³/mol. The van der Waals surface area contributed by atoms with Gasteiger partial charge < -0.3 is 11.1 Å². The number of rotatable bonds is 4. The van der Waals surface area contributed by atoms with E-state index >= 15 is 0 Å². The van der Waals surface area contributed by atoms with Gasteiger partial charge in [-0.3, -0.25) is 4.90 Å². The highest BCUT2D eigenvalue weighted by Gasteiger charge is 2.32. The zero-order valence-electron chi connectivity index (χ0n) is 8.13. The van der Waals surface area contributed by atoms with Gasteiger partial charge >= 0.3 is 0 Å². The first-order valence-electron chi connectivity index (χ1n) is 4.69. The smallest absolute Gasteiger partial charge is 0.0853 e. The van der Waals surface area contributed by atoms with Crippen LogP contribution in [-0.4, -0.2) is 36.7 Å². The molecule has 1 rings (SSSR count). The van der Waals surface area contributed by atoms with Crippen molar-refractivity contribution < 1.29 is 0 Å². The molecule has 0 aliphatic carbocycles. The lowest BCUT2D eigenvalue weighted by Crippen LogP contribution is -2.66. The third-order valence-electron chi connectivity index (χ3n) is 2.47. The van der Waals surface area contributed by atoms with E-state index in [2.05, 4.69) is 23.4 Å². The summed E-state index contributed by atoms with van der Waals surface area (Å²) >= 11 is 0. The summed E-state index contributed by atoms with van der Waals surface area (Å²) in [5.41, 5.74) is 5.97. The van der Waals surface area contributed by atoms with Gasteiger partial charge in [-0.15, -0.1) is 13.2 Å². The molecule has 3 N–H and O–H groups in total. The molecule has 13 heavy (non-hydrogen) atoms. The Balaban J connectivity index is 2.63. The van der Waals surface area contributed by atoms with Gasteiger partial charge in [0.15, 0.2) is 0 Å². The average molecular weight is 181 g/mol. The minimum absolute atomic E-state index is 0.270. The van der Waals surface area contributed by atoms with E-state index < -0.39 is 0 Å². The molecule has 0 aromatic rings. The molecular formula is C10H19N3. The SMILES string of the molecule is C=CCN1CCNCC1(N)CC=C. The van der Waals surface area contributed by atoms with Crippen molar-refractivity contribution in [3.8, 4) is 0 Å². The quantitative estimate of drug-likeness (QED) is 0.613. The van der Waals surface area contributed by atoms with Crippen molar-refractivity contribution >= 4 is 0 Å². The van der Waals surface area contributed by atoms with Crippen LogP contribution < -0.4 is 11.1 Å². The van der Waals surface area contributed by atoms with Gasteiger partial charge in [0.1, 0.15) is 0 Å². The number of hydrogen-bond acceptors (Lipinski definition) is 3. The fraction of sp³-hybridized carbons (Fsp3) is 0.600. The number of piperazine rings is 1. The molecule has 0 radical (unpaired) electrons. The second-order valence-electron chi connectivity index (χ2n) is 3.51. The third kappa shape index (κ3) is 2.40. The average Bonchev–Trinajstić information content (AvgIpc) is 2.10. The summed E-state index contributed by atoms with van der Waals surface area (Å²) in [5.74, 6) is 0. The lowest BCUT2D eigenvalue weighted by atomic mass is 10.0. The van der Waals surface area contributed by atoms with Crippen molar-refractivity contribution in [2.24, 2.45) is 5.73 Å². The van der Waals surface area contributed by atoms with Crippen LogP contribution in [0.15, 0.2) is 25.3 Å². The highest BCUT2D eigenvalue weighted by Crippen LogP contribution is 2.15. The third-order valence-corrected chi connectivity index (χ3v) is 2.47. The molecule has 1 saturated heterocycles. The zero-order valence-corrected chi connectivity index (χ0v) is 8.13. The Morgan fingerprint density at radius 2 is 2.23 bits per heavy atom. The Kier molecular flexibility index (Phi) is 3.66. The van der Waals surface area contributed by atoms with E-state index in [1.165, 1.54) is 0 Å². The van der Waals surface area contributed by atoms with Gasteiger partial charge in [0.25, 0.3) is 0 Å². The van der Waals surface area contributed by atoms with Gasteiger partial charge in [0, 0.05) is 26.2 Å². The Bertz CT molecular complexity index is 191. The standard InChI is InChI=1S/C10H19N3/c1-3-5-10(11)9-12-6-8-13(10)7-4-2/h3-4,12H,1-2,5-9,11H2. The second-order valence-corrected chi connectivity index (χ2v) is 3.51. The monoisotopic (exact) mass is 181 g/mol. The molecule has 1 aliphatic rings. The Labute approximate surface area is 80.3 Å². The summed E-state index contributed by atoms with van der Waals surface area (Å²) in [6.45, 7) is 11.1. The van der Waals surface area contributed by atoms with E-state index in [0.29, 0.717) is 0 Å². The van der Waals surface area contributed by atoms with Gasteiger partial charge in [-0.2, -0.15) is 0 Å². The molecule has 0 aromatic carbocycles. The number of nitrogens with one attached hydrogen (secondary N) is 1. The molecule has 3 nitrogen and oxygen atoms in total. The molecule has 0 bridgehead atoms. The summed E-state index contributed by atoms with van der Waals surface area (Å²) in [4.78, 5) is 2.25. The van der Waals surface area contributed by atoms with Crippen molar-refractivity contribution in [3.05, 3.63) is 25.3 Å².